The third-order valence-corrected chi connectivity index (χ3v) is 5.44. The van der Waals surface area contributed by atoms with Crippen LogP contribution in [0.3, 0.4) is 0 Å². The van der Waals surface area contributed by atoms with Gasteiger partial charge in [-0.3, -0.25) is 4.79 Å². The van der Waals surface area contributed by atoms with E-state index in [2.05, 4.69) is 31.2 Å². The first-order valence-corrected chi connectivity index (χ1v) is 10.4. The second-order valence-corrected chi connectivity index (χ2v) is 7.68. The van der Waals surface area contributed by atoms with Crippen molar-refractivity contribution in [1.29, 1.82) is 0 Å². The number of carbonyl (C=O) groups is 1. The first-order valence-electron chi connectivity index (χ1n) is 10.4. The second kappa shape index (κ2) is 9.47. The molecule has 0 bridgehead atoms. The molecule has 11 heteroatoms. The number of carbonyl (C=O) groups excluding carboxylic acids is 1. The summed E-state index contributed by atoms with van der Waals surface area (Å²) in [6, 6.07) is 9.92. The fourth-order valence-corrected chi connectivity index (χ4v) is 3.71. The van der Waals surface area contributed by atoms with Crippen molar-refractivity contribution in [2.75, 3.05) is 18.8 Å². The number of hydrogen-bond donors (Lipinski definition) is 3. The number of quaternary nitrogens is 1. The van der Waals surface area contributed by atoms with Crippen LogP contribution in [0.5, 0.6) is 0 Å². The lowest BCUT2D eigenvalue weighted by atomic mass is 10.0. The zero-order valence-corrected chi connectivity index (χ0v) is 17.4. The van der Waals surface area contributed by atoms with Crippen molar-refractivity contribution in [3.8, 4) is 5.82 Å². The number of likely N-dealkylation sites (tertiary alicyclic amines) is 1. The van der Waals surface area contributed by atoms with E-state index in [0.29, 0.717) is 12.2 Å². The van der Waals surface area contributed by atoms with Gasteiger partial charge in [-0.15, -0.1) is 5.10 Å². The average Bonchev–Trinajstić information content (AvgIpc) is 3.40. The topological polar surface area (TPSA) is 142 Å². The molecule has 1 aliphatic rings. The minimum Gasteiger partial charge on any atom is -0.378 e. The Morgan fingerprint density at radius 1 is 1.29 bits per heavy atom. The lowest BCUT2D eigenvalue weighted by Gasteiger charge is -2.23. The number of nitrogens with zero attached hydrogens (tertiary/aromatic N) is 6. The van der Waals surface area contributed by atoms with Gasteiger partial charge in [0, 0.05) is 12.1 Å². The van der Waals surface area contributed by atoms with Crippen LogP contribution >= 0.6 is 0 Å². The number of benzene rings is 1. The van der Waals surface area contributed by atoms with Gasteiger partial charge in [0.15, 0.2) is 5.69 Å². The molecule has 11 nitrogen and oxygen atoms in total. The van der Waals surface area contributed by atoms with Gasteiger partial charge in [-0.1, -0.05) is 42.5 Å². The van der Waals surface area contributed by atoms with Crippen LogP contribution in [-0.4, -0.2) is 50.5 Å². The Balaban J connectivity index is 1.53. The van der Waals surface area contributed by atoms with Crippen molar-refractivity contribution in [1.82, 2.24) is 30.7 Å². The van der Waals surface area contributed by atoms with E-state index >= 15 is 0 Å². The molecular weight excluding hydrogens is 398 g/mol. The van der Waals surface area contributed by atoms with Crippen LogP contribution in [0.2, 0.25) is 0 Å². The molecule has 1 aliphatic heterocycles. The smallest absolute Gasteiger partial charge is 0.294 e. The fourth-order valence-electron chi connectivity index (χ4n) is 3.71. The van der Waals surface area contributed by atoms with Crippen molar-refractivity contribution in [2.45, 2.75) is 38.6 Å². The molecule has 3 heterocycles. The van der Waals surface area contributed by atoms with Gasteiger partial charge in [-0.2, -0.15) is 9.78 Å². The van der Waals surface area contributed by atoms with Crippen LogP contribution in [0, 0.1) is 0 Å². The Bertz CT molecular complexity index is 1040. The summed E-state index contributed by atoms with van der Waals surface area (Å²) in [4.78, 5) is 14.2. The highest BCUT2D eigenvalue weighted by Gasteiger charge is 2.27. The molecule has 0 aliphatic carbocycles. The summed E-state index contributed by atoms with van der Waals surface area (Å²) in [7, 11) is 0. The largest absolute Gasteiger partial charge is 0.378 e. The molecular formula is C20H26N9O2+. The molecule has 1 aromatic carbocycles. The van der Waals surface area contributed by atoms with Gasteiger partial charge in [-0.25, -0.2) is 10.1 Å². The Morgan fingerprint density at radius 2 is 2.06 bits per heavy atom. The third kappa shape index (κ3) is 4.77. The second-order valence-electron chi connectivity index (χ2n) is 7.68. The quantitative estimate of drug-likeness (QED) is 0.366. The Morgan fingerprint density at radius 3 is 2.77 bits per heavy atom. The normalized spacial score (nSPS) is 15.9. The Labute approximate surface area is 179 Å². The monoisotopic (exact) mass is 424 g/mol. The number of anilines is 1. The molecule has 0 unspecified atom stereocenters. The van der Waals surface area contributed by atoms with Crippen LogP contribution in [0.1, 0.15) is 53.8 Å². The molecule has 1 saturated heterocycles. The summed E-state index contributed by atoms with van der Waals surface area (Å²) in [6.07, 6.45) is 5.21. The Kier molecular flexibility index (Phi) is 6.32. The minimum atomic E-state index is -0.441. The van der Waals surface area contributed by atoms with Crippen molar-refractivity contribution in [3.63, 3.8) is 0 Å². The maximum Gasteiger partial charge on any atom is 0.294 e. The zero-order valence-electron chi connectivity index (χ0n) is 17.4. The molecule has 1 fully saturated rings. The minimum absolute atomic E-state index is 0.0513. The maximum absolute atomic E-state index is 12.9. The average molecular weight is 424 g/mol. The highest BCUT2D eigenvalue weighted by atomic mass is 16.6. The highest BCUT2D eigenvalue weighted by molar-refractivity contribution is 5.93. The van der Waals surface area contributed by atoms with E-state index in [0.717, 1.165) is 31.5 Å². The number of rotatable bonds is 7. The van der Waals surface area contributed by atoms with Gasteiger partial charge >= 0.3 is 0 Å². The number of amides is 1. The molecule has 0 spiro atoms. The van der Waals surface area contributed by atoms with E-state index in [4.69, 9.17) is 10.4 Å². The number of nitrogens with two attached hydrogens (primary N) is 1. The summed E-state index contributed by atoms with van der Waals surface area (Å²) in [6.45, 7) is 4.61. The molecule has 0 saturated carbocycles. The van der Waals surface area contributed by atoms with Crippen molar-refractivity contribution in [2.24, 2.45) is 5.10 Å². The summed E-state index contributed by atoms with van der Waals surface area (Å²) in [5.41, 5.74) is 10.3. The van der Waals surface area contributed by atoms with Gasteiger partial charge in [0.2, 0.25) is 11.6 Å². The molecule has 1 atom stereocenters. The lowest BCUT2D eigenvalue weighted by Crippen LogP contribution is -3.11. The van der Waals surface area contributed by atoms with Crippen LogP contribution in [0.25, 0.3) is 5.82 Å². The summed E-state index contributed by atoms with van der Waals surface area (Å²) >= 11 is 0. The zero-order chi connectivity index (χ0) is 21.6. The summed E-state index contributed by atoms with van der Waals surface area (Å²) < 4.78 is 6.13. The first-order chi connectivity index (χ1) is 15.1. The van der Waals surface area contributed by atoms with Gasteiger partial charge in [-0.05, 0) is 35.1 Å². The predicted molar refractivity (Wildman–Crippen MR) is 113 cm³/mol. The number of nitrogens with one attached hydrogen (secondary N) is 2. The maximum atomic E-state index is 12.9. The number of piperidine rings is 1. The van der Waals surface area contributed by atoms with Crippen molar-refractivity contribution in [3.05, 3.63) is 47.3 Å². The molecule has 4 rings (SSSR count). The molecule has 31 heavy (non-hydrogen) atoms. The number of nitrogen functional groups attached to an aromatic ring is 1. The van der Waals surface area contributed by atoms with Crippen LogP contribution in [-0.2, 0) is 6.54 Å². The van der Waals surface area contributed by atoms with E-state index in [-0.39, 0.29) is 23.2 Å². The molecule has 0 radical (unpaired) electrons. The molecule has 1 amide bonds. The molecule has 162 valence electrons. The highest BCUT2D eigenvalue weighted by Crippen LogP contribution is 2.16. The van der Waals surface area contributed by atoms with Gasteiger partial charge in [0.05, 0.1) is 13.1 Å². The SMILES string of the molecule is C[C@@H](/C=N\NC(=O)c1nnn(-c2nonc2N)c1C[NH+]1CCCCC1)c1ccccc1. The predicted octanol–water partition coefficient (Wildman–Crippen LogP) is 0.321. The van der Waals surface area contributed by atoms with E-state index in [1.54, 1.807) is 6.21 Å². The first kappa shape index (κ1) is 20.7. The summed E-state index contributed by atoms with van der Waals surface area (Å²) in [5, 5.41) is 19.7. The number of hydrazone groups is 1. The Hall–Kier alpha value is -3.60. The van der Waals surface area contributed by atoms with E-state index < -0.39 is 5.91 Å². The third-order valence-electron chi connectivity index (χ3n) is 5.44. The standard InChI is InChI=1S/C20H25N9O2/c1-14(15-8-4-2-5-9-15)12-22-24-20(30)17-16(13-28-10-6-3-7-11-28)29(27-23-17)19-18(21)25-31-26-19/h2,4-5,8-9,12,14H,3,6-7,10-11,13H2,1H3,(H2,21,25)(H,24,30)/p+1/b22-12-/t14-/m0/s1. The van der Waals surface area contributed by atoms with Crippen LogP contribution < -0.4 is 16.1 Å². The number of aromatic nitrogens is 5. The fraction of sp³-hybridized carbons (Fsp3) is 0.400. The molecule has 4 N–H and O–H groups in total. The van der Waals surface area contributed by atoms with Gasteiger partial charge in [0.25, 0.3) is 5.91 Å². The van der Waals surface area contributed by atoms with Crippen molar-refractivity contribution < 1.29 is 14.3 Å². The van der Waals surface area contributed by atoms with Gasteiger partial charge in [0.1, 0.15) is 12.2 Å². The number of hydrogen-bond acceptors (Lipinski definition) is 8. The van der Waals surface area contributed by atoms with Gasteiger partial charge < -0.3 is 10.6 Å². The molecule has 2 aromatic heterocycles. The van der Waals surface area contributed by atoms with Crippen LogP contribution in [0.4, 0.5) is 5.82 Å². The summed E-state index contributed by atoms with van der Waals surface area (Å²) in [5.74, 6) is -0.0831. The molecule has 3 aromatic rings. The van der Waals surface area contributed by atoms with E-state index in [1.807, 2.05) is 37.3 Å². The van der Waals surface area contributed by atoms with Crippen molar-refractivity contribution >= 4 is 17.9 Å². The van der Waals surface area contributed by atoms with E-state index in [1.165, 1.54) is 16.0 Å². The van der Waals surface area contributed by atoms with E-state index in [9.17, 15) is 4.79 Å². The lowest BCUT2D eigenvalue weighted by molar-refractivity contribution is -0.918. The van der Waals surface area contributed by atoms with Crippen LogP contribution in [0.15, 0.2) is 40.1 Å².